The zero-order valence-corrected chi connectivity index (χ0v) is 13.0. The Morgan fingerprint density at radius 3 is 2.59 bits per heavy atom. The maximum Gasteiger partial charge on any atom is 0.155 e. The van der Waals surface area contributed by atoms with Crippen molar-refractivity contribution >= 4 is 11.5 Å². The van der Waals surface area contributed by atoms with Crippen molar-refractivity contribution in [3.63, 3.8) is 0 Å². The van der Waals surface area contributed by atoms with Crippen LogP contribution in [0.2, 0.25) is 0 Å². The van der Waals surface area contributed by atoms with Crippen LogP contribution in [-0.4, -0.2) is 23.1 Å². The highest BCUT2D eigenvalue weighted by Crippen LogP contribution is 2.14. The molecule has 0 N–H and O–H groups in total. The van der Waals surface area contributed by atoms with E-state index < -0.39 is 0 Å². The number of aryl methyl sites for hydroxylation is 1. The number of nitrogens with zero attached hydrogens (tertiary/aromatic N) is 3. The molecule has 2 heterocycles. The van der Waals surface area contributed by atoms with Gasteiger partial charge in [0, 0.05) is 11.8 Å². The number of amidine groups is 1. The minimum Gasteiger partial charge on any atom is -0.260 e. The molecule has 0 bridgehead atoms. The van der Waals surface area contributed by atoms with Gasteiger partial charge in [-0.05, 0) is 30.5 Å². The van der Waals surface area contributed by atoms with Gasteiger partial charge in [-0.1, -0.05) is 50.1 Å². The van der Waals surface area contributed by atoms with Crippen LogP contribution in [0.1, 0.15) is 43.0 Å². The van der Waals surface area contributed by atoms with Gasteiger partial charge in [0.1, 0.15) is 0 Å². The molecule has 0 atom stereocenters. The van der Waals surface area contributed by atoms with Gasteiger partial charge in [-0.2, -0.15) is 0 Å². The van der Waals surface area contributed by atoms with E-state index in [2.05, 4.69) is 46.2 Å². The number of benzene rings is 1. The summed E-state index contributed by atoms with van der Waals surface area (Å²) in [5, 5.41) is 0. The summed E-state index contributed by atoms with van der Waals surface area (Å²) < 4.78 is 0. The lowest BCUT2D eigenvalue weighted by molar-refractivity contribution is 0.717. The van der Waals surface area contributed by atoms with Gasteiger partial charge in [0.2, 0.25) is 0 Å². The third-order valence-corrected chi connectivity index (χ3v) is 3.86. The number of hydrogen-bond donors (Lipinski definition) is 0. The molecule has 0 radical (unpaired) electrons. The Hall–Kier alpha value is -2.29. The molecule has 3 nitrogen and oxygen atoms in total. The second kappa shape index (κ2) is 7.12. The fraction of sp³-hybridized carbons (Fsp3) is 0.316. The topological polar surface area (TPSA) is 37.6 Å². The highest BCUT2D eigenvalue weighted by atomic mass is 15.0. The van der Waals surface area contributed by atoms with E-state index in [-0.39, 0.29) is 0 Å². The first kappa shape index (κ1) is 14.6. The summed E-state index contributed by atoms with van der Waals surface area (Å²) in [6, 6.07) is 14.5. The van der Waals surface area contributed by atoms with Gasteiger partial charge in [0.15, 0.2) is 5.84 Å². The third kappa shape index (κ3) is 3.48. The molecule has 0 unspecified atom stereocenters. The van der Waals surface area contributed by atoms with Crippen LogP contribution < -0.4 is 0 Å². The number of unbranched alkanes of at least 4 members (excludes halogenated alkanes) is 2. The van der Waals surface area contributed by atoms with E-state index in [1.807, 2.05) is 18.2 Å². The van der Waals surface area contributed by atoms with Crippen molar-refractivity contribution in [3.8, 4) is 0 Å². The van der Waals surface area contributed by atoms with Crippen LogP contribution in [0.15, 0.2) is 58.6 Å². The van der Waals surface area contributed by atoms with Gasteiger partial charge in [-0.15, -0.1) is 0 Å². The average molecular weight is 291 g/mol. The first-order valence-electron chi connectivity index (χ1n) is 7.99. The van der Waals surface area contributed by atoms with E-state index in [0.29, 0.717) is 6.54 Å². The van der Waals surface area contributed by atoms with Crippen LogP contribution in [0.3, 0.4) is 0 Å². The van der Waals surface area contributed by atoms with Gasteiger partial charge in [-0.3, -0.25) is 9.98 Å². The molecule has 1 aromatic heterocycles. The zero-order valence-electron chi connectivity index (χ0n) is 13.0. The lowest BCUT2D eigenvalue weighted by Gasteiger charge is -2.02. The Morgan fingerprint density at radius 2 is 1.86 bits per heavy atom. The Morgan fingerprint density at radius 1 is 1.00 bits per heavy atom. The second-order valence-corrected chi connectivity index (χ2v) is 5.57. The summed E-state index contributed by atoms with van der Waals surface area (Å²) in [4.78, 5) is 13.5. The van der Waals surface area contributed by atoms with Crippen molar-refractivity contribution in [2.75, 3.05) is 6.54 Å². The molecule has 0 saturated carbocycles. The summed E-state index contributed by atoms with van der Waals surface area (Å²) in [6.07, 6.45) is 6.77. The van der Waals surface area contributed by atoms with Crippen molar-refractivity contribution in [1.29, 1.82) is 0 Å². The fourth-order valence-corrected chi connectivity index (χ4v) is 2.58. The minimum atomic E-state index is 0.616. The number of aliphatic imine (C=N–C) groups is 2. The summed E-state index contributed by atoms with van der Waals surface area (Å²) in [5.74, 6) is 0.820. The van der Waals surface area contributed by atoms with E-state index >= 15 is 0 Å². The summed E-state index contributed by atoms with van der Waals surface area (Å²) in [7, 11) is 0. The summed E-state index contributed by atoms with van der Waals surface area (Å²) >= 11 is 0. The number of hydrogen-bond acceptors (Lipinski definition) is 3. The first-order chi connectivity index (χ1) is 10.9. The highest BCUT2D eigenvalue weighted by molar-refractivity contribution is 6.16. The van der Waals surface area contributed by atoms with Crippen LogP contribution in [-0.2, 0) is 6.42 Å². The van der Waals surface area contributed by atoms with Crippen molar-refractivity contribution < 1.29 is 0 Å². The number of rotatable bonds is 6. The largest absolute Gasteiger partial charge is 0.260 e. The Balaban J connectivity index is 1.69. The average Bonchev–Trinajstić information content (AvgIpc) is 3.07. The Bertz CT molecular complexity index is 670. The van der Waals surface area contributed by atoms with E-state index in [1.54, 1.807) is 6.20 Å². The predicted molar refractivity (Wildman–Crippen MR) is 91.8 cm³/mol. The second-order valence-electron chi connectivity index (χ2n) is 5.57. The molecule has 2 aromatic rings. The van der Waals surface area contributed by atoms with Crippen molar-refractivity contribution in [3.05, 3.63) is 65.5 Å². The van der Waals surface area contributed by atoms with Crippen LogP contribution in [0, 0.1) is 0 Å². The molecule has 0 spiro atoms. The fourth-order valence-electron chi connectivity index (χ4n) is 2.58. The molecule has 1 aliphatic rings. The quantitative estimate of drug-likeness (QED) is 0.739. The van der Waals surface area contributed by atoms with Gasteiger partial charge in [0.05, 0.1) is 18.0 Å². The van der Waals surface area contributed by atoms with Crippen molar-refractivity contribution in [2.45, 2.75) is 32.6 Å². The maximum atomic E-state index is 4.64. The van der Waals surface area contributed by atoms with E-state index in [0.717, 1.165) is 29.2 Å². The van der Waals surface area contributed by atoms with Gasteiger partial charge in [0.25, 0.3) is 0 Å². The van der Waals surface area contributed by atoms with Crippen LogP contribution in [0.4, 0.5) is 0 Å². The molecule has 0 aliphatic carbocycles. The number of pyridine rings is 1. The number of aromatic nitrogens is 1. The lowest BCUT2D eigenvalue weighted by atomic mass is 10.1. The van der Waals surface area contributed by atoms with Crippen molar-refractivity contribution in [1.82, 2.24) is 4.98 Å². The molecule has 0 saturated heterocycles. The molecule has 3 heteroatoms. The van der Waals surface area contributed by atoms with Crippen LogP contribution in [0.25, 0.3) is 0 Å². The van der Waals surface area contributed by atoms with Crippen molar-refractivity contribution in [2.24, 2.45) is 9.98 Å². The van der Waals surface area contributed by atoms with Gasteiger partial charge in [-0.25, -0.2) is 4.99 Å². The van der Waals surface area contributed by atoms with E-state index in [9.17, 15) is 0 Å². The van der Waals surface area contributed by atoms with Gasteiger partial charge < -0.3 is 0 Å². The standard InChI is InChI=1S/C19H21N3/c1-2-3-4-7-15-9-11-16(12-10-15)19-21-14-18(22-19)17-8-5-6-13-20-17/h5-6,8-13H,2-4,7,14H2,1H3. The molecule has 0 fully saturated rings. The maximum absolute atomic E-state index is 4.64. The first-order valence-corrected chi connectivity index (χ1v) is 7.99. The van der Waals surface area contributed by atoms with E-state index in [1.165, 1.54) is 24.8 Å². The lowest BCUT2D eigenvalue weighted by Crippen LogP contribution is -2.03. The van der Waals surface area contributed by atoms with E-state index in [4.69, 9.17) is 0 Å². The SMILES string of the molecule is CCCCCc1ccc(C2=NCC(c3ccccn3)=N2)cc1. The third-order valence-electron chi connectivity index (χ3n) is 3.86. The molecule has 1 aromatic carbocycles. The molecule has 3 rings (SSSR count). The Labute approximate surface area is 131 Å². The normalized spacial score (nSPS) is 13.9. The Kier molecular flexibility index (Phi) is 4.74. The monoisotopic (exact) mass is 291 g/mol. The molecule has 1 aliphatic heterocycles. The zero-order chi connectivity index (χ0) is 15.2. The molecular weight excluding hydrogens is 270 g/mol. The predicted octanol–water partition coefficient (Wildman–Crippen LogP) is 4.06. The molecular formula is C19H21N3. The summed E-state index contributed by atoms with van der Waals surface area (Å²) in [6.45, 7) is 2.85. The summed E-state index contributed by atoms with van der Waals surface area (Å²) in [5.41, 5.74) is 4.34. The molecule has 112 valence electrons. The highest BCUT2D eigenvalue weighted by Gasteiger charge is 2.14. The van der Waals surface area contributed by atoms with Gasteiger partial charge >= 0.3 is 0 Å². The molecule has 22 heavy (non-hydrogen) atoms. The van der Waals surface area contributed by atoms with Crippen LogP contribution in [0.5, 0.6) is 0 Å². The minimum absolute atomic E-state index is 0.616. The smallest absolute Gasteiger partial charge is 0.155 e. The van der Waals surface area contributed by atoms with Crippen LogP contribution >= 0.6 is 0 Å². The molecule has 0 amide bonds.